The normalized spacial score (nSPS) is 21.5. The molecule has 0 radical (unpaired) electrons. The summed E-state index contributed by atoms with van der Waals surface area (Å²) in [6.45, 7) is 2.92. The molecule has 2 aliphatic carbocycles. The van der Waals surface area contributed by atoms with Gasteiger partial charge in [0.25, 0.3) is 0 Å². The first-order valence-corrected chi connectivity index (χ1v) is 11.9. The molecule has 2 aliphatic rings. The zero-order valence-corrected chi connectivity index (χ0v) is 19.0. The maximum atomic E-state index is 12.9. The SMILES string of the molecule is Cc1ccc(N(C)CCCc2sc(NC(=O)[C@@H]3C[C@H]4CC[C@@H]3C4)c(C#N)c2C#N)cc1. The van der Waals surface area contributed by atoms with Crippen LogP contribution in [0.3, 0.4) is 0 Å². The predicted molar refractivity (Wildman–Crippen MR) is 124 cm³/mol. The van der Waals surface area contributed by atoms with Crippen LogP contribution in [-0.4, -0.2) is 19.5 Å². The van der Waals surface area contributed by atoms with E-state index in [9.17, 15) is 15.3 Å². The van der Waals surface area contributed by atoms with E-state index >= 15 is 0 Å². The van der Waals surface area contributed by atoms with E-state index in [1.807, 2.05) is 0 Å². The molecule has 4 rings (SSSR count). The molecule has 160 valence electrons. The first kappa shape index (κ1) is 21.4. The van der Waals surface area contributed by atoms with Crippen molar-refractivity contribution in [2.75, 3.05) is 23.8 Å². The van der Waals surface area contributed by atoms with E-state index in [1.165, 1.54) is 23.3 Å². The molecule has 0 saturated heterocycles. The molecule has 2 aromatic rings. The number of carbonyl (C=O) groups is 1. The number of benzene rings is 1. The number of thiophene rings is 1. The van der Waals surface area contributed by atoms with Crippen molar-refractivity contribution in [3.05, 3.63) is 45.8 Å². The Morgan fingerprint density at radius 1 is 1.16 bits per heavy atom. The Morgan fingerprint density at radius 3 is 2.52 bits per heavy atom. The number of amides is 1. The van der Waals surface area contributed by atoms with Gasteiger partial charge >= 0.3 is 0 Å². The van der Waals surface area contributed by atoms with E-state index in [1.54, 1.807) is 0 Å². The molecule has 0 unspecified atom stereocenters. The number of hydrogen-bond acceptors (Lipinski definition) is 5. The molecule has 1 amide bonds. The lowest BCUT2D eigenvalue weighted by atomic mass is 9.88. The van der Waals surface area contributed by atoms with Crippen molar-refractivity contribution in [2.24, 2.45) is 17.8 Å². The van der Waals surface area contributed by atoms with Crippen LogP contribution in [0.4, 0.5) is 10.7 Å². The zero-order valence-electron chi connectivity index (χ0n) is 18.1. The third kappa shape index (κ3) is 4.45. The molecule has 31 heavy (non-hydrogen) atoms. The number of aryl methyl sites for hydroxylation is 2. The third-order valence-corrected chi connectivity index (χ3v) is 8.05. The molecule has 2 bridgehead atoms. The van der Waals surface area contributed by atoms with Gasteiger partial charge in [-0.3, -0.25) is 4.79 Å². The average molecular weight is 433 g/mol. The largest absolute Gasteiger partial charge is 0.375 e. The zero-order chi connectivity index (χ0) is 22.0. The fourth-order valence-corrected chi connectivity index (χ4v) is 6.29. The molecule has 1 aromatic carbocycles. The van der Waals surface area contributed by atoms with Crippen molar-refractivity contribution in [3.63, 3.8) is 0 Å². The first-order valence-electron chi connectivity index (χ1n) is 11.0. The van der Waals surface area contributed by atoms with Crippen molar-refractivity contribution in [1.29, 1.82) is 10.5 Å². The Balaban J connectivity index is 1.41. The second-order valence-electron chi connectivity index (χ2n) is 8.96. The molecule has 2 saturated carbocycles. The second-order valence-corrected chi connectivity index (χ2v) is 10.1. The van der Waals surface area contributed by atoms with Crippen molar-refractivity contribution in [1.82, 2.24) is 0 Å². The summed E-state index contributed by atoms with van der Waals surface area (Å²) in [6, 6.07) is 12.8. The predicted octanol–water partition coefficient (Wildman–Crippen LogP) is 5.24. The van der Waals surface area contributed by atoms with Crippen LogP contribution in [0.25, 0.3) is 0 Å². The number of nitrogens with zero attached hydrogens (tertiary/aromatic N) is 3. The second kappa shape index (κ2) is 9.12. The number of carbonyl (C=O) groups excluding carboxylic acids is 1. The molecular formula is C25H28N4OS. The first-order chi connectivity index (χ1) is 15.0. The summed E-state index contributed by atoms with van der Waals surface area (Å²) in [5, 5.41) is 22.9. The summed E-state index contributed by atoms with van der Waals surface area (Å²) in [7, 11) is 2.06. The Morgan fingerprint density at radius 2 is 1.90 bits per heavy atom. The average Bonchev–Trinajstić information content (AvgIpc) is 3.48. The summed E-state index contributed by atoms with van der Waals surface area (Å²) in [5.41, 5.74) is 3.15. The van der Waals surface area contributed by atoms with Crippen LogP contribution in [0, 0.1) is 47.3 Å². The lowest BCUT2D eigenvalue weighted by Gasteiger charge is -2.20. The van der Waals surface area contributed by atoms with Gasteiger partial charge < -0.3 is 10.2 Å². The minimum Gasteiger partial charge on any atom is -0.375 e. The van der Waals surface area contributed by atoms with Crippen molar-refractivity contribution in [2.45, 2.75) is 45.4 Å². The Kier molecular flexibility index (Phi) is 6.30. The van der Waals surface area contributed by atoms with Gasteiger partial charge in [0.2, 0.25) is 5.91 Å². The quantitative estimate of drug-likeness (QED) is 0.648. The summed E-state index contributed by atoms with van der Waals surface area (Å²) in [5.74, 6) is 1.27. The van der Waals surface area contributed by atoms with Gasteiger partial charge in [0.05, 0.1) is 5.56 Å². The van der Waals surface area contributed by atoms with Crippen LogP contribution in [0.2, 0.25) is 0 Å². The lowest BCUT2D eigenvalue weighted by Crippen LogP contribution is -2.27. The van der Waals surface area contributed by atoms with Gasteiger partial charge in [-0.2, -0.15) is 10.5 Å². The van der Waals surface area contributed by atoms with E-state index in [2.05, 4.69) is 60.6 Å². The minimum atomic E-state index is 0.0279. The van der Waals surface area contributed by atoms with Crippen LogP contribution in [0.1, 0.15) is 53.7 Å². The summed E-state index contributed by atoms with van der Waals surface area (Å²) in [4.78, 5) is 15.9. The fraction of sp³-hybridized carbons (Fsp3) is 0.480. The maximum Gasteiger partial charge on any atom is 0.228 e. The highest BCUT2D eigenvalue weighted by Crippen LogP contribution is 2.49. The van der Waals surface area contributed by atoms with E-state index in [-0.39, 0.29) is 11.8 Å². The molecule has 1 N–H and O–H groups in total. The van der Waals surface area contributed by atoms with Gasteiger partial charge in [-0.05, 0) is 63.0 Å². The lowest BCUT2D eigenvalue weighted by molar-refractivity contribution is -0.121. The van der Waals surface area contributed by atoms with E-state index in [4.69, 9.17) is 0 Å². The fourth-order valence-electron chi connectivity index (χ4n) is 5.14. The van der Waals surface area contributed by atoms with Crippen molar-refractivity contribution in [3.8, 4) is 12.1 Å². The molecule has 0 spiro atoms. The highest BCUT2D eigenvalue weighted by Gasteiger charge is 2.43. The number of hydrogen-bond donors (Lipinski definition) is 1. The Hall–Kier alpha value is -2.83. The van der Waals surface area contributed by atoms with E-state index in [0.29, 0.717) is 34.4 Å². The molecule has 1 aromatic heterocycles. The molecule has 5 nitrogen and oxygen atoms in total. The van der Waals surface area contributed by atoms with Gasteiger partial charge in [0.15, 0.2) is 0 Å². The summed E-state index contributed by atoms with van der Waals surface area (Å²) in [6.07, 6.45) is 6.09. The molecule has 2 fully saturated rings. The van der Waals surface area contributed by atoms with Crippen molar-refractivity contribution >= 4 is 27.9 Å². The maximum absolute atomic E-state index is 12.9. The smallest absolute Gasteiger partial charge is 0.228 e. The molecule has 3 atom stereocenters. The monoisotopic (exact) mass is 432 g/mol. The summed E-state index contributed by atoms with van der Waals surface area (Å²) < 4.78 is 0. The van der Waals surface area contributed by atoms with Gasteiger partial charge in [-0.15, -0.1) is 11.3 Å². The Bertz CT molecular complexity index is 1040. The van der Waals surface area contributed by atoms with Gasteiger partial charge in [0, 0.05) is 30.1 Å². The number of nitrogens with one attached hydrogen (secondary N) is 1. The number of rotatable bonds is 7. The van der Waals surface area contributed by atoms with Crippen LogP contribution in [0.15, 0.2) is 24.3 Å². The third-order valence-electron chi connectivity index (χ3n) is 6.89. The van der Waals surface area contributed by atoms with Gasteiger partial charge in [-0.1, -0.05) is 24.1 Å². The van der Waals surface area contributed by atoms with E-state index < -0.39 is 0 Å². The van der Waals surface area contributed by atoms with Crippen LogP contribution >= 0.6 is 11.3 Å². The number of fused-ring (bicyclic) bond motifs is 2. The molecule has 0 aliphatic heterocycles. The number of nitriles is 2. The highest BCUT2D eigenvalue weighted by molar-refractivity contribution is 7.16. The summed E-state index contributed by atoms with van der Waals surface area (Å²) >= 11 is 1.40. The van der Waals surface area contributed by atoms with E-state index in [0.717, 1.165) is 42.8 Å². The van der Waals surface area contributed by atoms with Gasteiger partial charge in [-0.25, -0.2) is 0 Å². The van der Waals surface area contributed by atoms with Crippen molar-refractivity contribution < 1.29 is 4.79 Å². The van der Waals surface area contributed by atoms with Crippen LogP contribution in [0.5, 0.6) is 0 Å². The minimum absolute atomic E-state index is 0.0279. The standard InChI is InChI=1S/C25H28N4OS/c1-16-5-9-19(10-6-16)29(2)11-3-4-23-21(14-26)22(15-27)25(31-23)28-24(30)20-13-17-7-8-18(20)12-17/h5-6,9-10,17-18,20H,3-4,7-8,11-13H2,1-2H3,(H,28,30)/t17-,18+,20+/m0/s1. The Labute approximate surface area is 188 Å². The topological polar surface area (TPSA) is 79.9 Å². The molecule has 6 heteroatoms. The highest BCUT2D eigenvalue weighted by atomic mass is 32.1. The van der Waals surface area contributed by atoms with Crippen LogP contribution in [-0.2, 0) is 11.2 Å². The molecule has 1 heterocycles. The molecular weight excluding hydrogens is 404 g/mol. The van der Waals surface area contributed by atoms with Crippen LogP contribution < -0.4 is 10.2 Å². The number of anilines is 2. The van der Waals surface area contributed by atoms with Gasteiger partial charge in [0.1, 0.15) is 22.7 Å².